The van der Waals surface area contributed by atoms with Crippen molar-refractivity contribution in [1.82, 2.24) is 5.32 Å². The van der Waals surface area contributed by atoms with E-state index < -0.39 is 5.41 Å². The van der Waals surface area contributed by atoms with Gasteiger partial charge in [0.1, 0.15) is 11.6 Å². The van der Waals surface area contributed by atoms with Crippen molar-refractivity contribution in [3.8, 4) is 11.5 Å². The average molecular weight is 325 g/mol. The zero-order valence-electron chi connectivity index (χ0n) is 12.9. The van der Waals surface area contributed by atoms with Crippen molar-refractivity contribution >= 4 is 5.91 Å². The Morgan fingerprint density at radius 3 is 2.54 bits per heavy atom. The Labute approximate surface area is 138 Å². The molecule has 3 aromatic rings. The summed E-state index contributed by atoms with van der Waals surface area (Å²) in [7, 11) is 0. The van der Waals surface area contributed by atoms with Gasteiger partial charge in [-0.05, 0) is 54.8 Å². The minimum absolute atomic E-state index is 0.0509. The Morgan fingerprint density at radius 1 is 1.08 bits per heavy atom. The molecule has 0 bridgehead atoms. The summed E-state index contributed by atoms with van der Waals surface area (Å²) in [6.45, 7) is 0.308. The summed E-state index contributed by atoms with van der Waals surface area (Å²) in [5.74, 6) is 1.59. The molecular weight excluding hydrogens is 309 g/mol. The van der Waals surface area contributed by atoms with Crippen molar-refractivity contribution in [3.05, 3.63) is 71.9 Å². The maximum Gasteiger partial charge on any atom is 0.231 e. The zero-order valence-corrected chi connectivity index (χ0v) is 12.9. The number of hydrogen-bond acceptors (Lipinski definition) is 3. The Morgan fingerprint density at radius 2 is 1.88 bits per heavy atom. The van der Waals surface area contributed by atoms with Gasteiger partial charge < -0.3 is 14.2 Å². The first kappa shape index (κ1) is 14.8. The van der Waals surface area contributed by atoms with Crippen LogP contribution >= 0.6 is 0 Å². The van der Waals surface area contributed by atoms with Crippen molar-refractivity contribution in [2.45, 2.75) is 24.8 Å². The summed E-state index contributed by atoms with van der Waals surface area (Å²) in [5, 5.41) is 2.92. The largest absolute Gasteiger partial charge is 0.461 e. The number of rotatable bonds is 5. The lowest BCUT2D eigenvalue weighted by molar-refractivity contribution is -0.123. The van der Waals surface area contributed by atoms with E-state index in [0.29, 0.717) is 23.8 Å². The number of furan rings is 2. The predicted molar refractivity (Wildman–Crippen MR) is 85.6 cm³/mol. The van der Waals surface area contributed by atoms with Gasteiger partial charge in [0.25, 0.3) is 0 Å². The van der Waals surface area contributed by atoms with Crippen LogP contribution in [-0.4, -0.2) is 5.91 Å². The maximum atomic E-state index is 13.1. The topological polar surface area (TPSA) is 55.4 Å². The molecule has 122 valence electrons. The van der Waals surface area contributed by atoms with Crippen molar-refractivity contribution in [3.63, 3.8) is 0 Å². The number of benzene rings is 1. The van der Waals surface area contributed by atoms with Gasteiger partial charge in [-0.1, -0.05) is 12.1 Å². The van der Waals surface area contributed by atoms with Crippen molar-refractivity contribution in [2.75, 3.05) is 0 Å². The Kier molecular flexibility index (Phi) is 3.49. The number of amides is 1. The molecule has 1 fully saturated rings. The summed E-state index contributed by atoms with van der Waals surface area (Å²) in [4.78, 5) is 12.6. The van der Waals surface area contributed by atoms with Gasteiger partial charge in [-0.15, -0.1) is 0 Å². The van der Waals surface area contributed by atoms with Gasteiger partial charge in [0.15, 0.2) is 11.5 Å². The molecule has 4 nitrogen and oxygen atoms in total. The lowest BCUT2D eigenvalue weighted by Gasteiger charge is -2.15. The van der Waals surface area contributed by atoms with Crippen LogP contribution in [0, 0.1) is 5.82 Å². The van der Waals surface area contributed by atoms with E-state index in [1.165, 1.54) is 12.1 Å². The molecule has 1 aliphatic rings. The summed E-state index contributed by atoms with van der Waals surface area (Å²) < 4.78 is 24.0. The second-order valence-corrected chi connectivity index (χ2v) is 6.01. The molecule has 0 unspecified atom stereocenters. The molecule has 0 spiro atoms. The molecule has 1 amide bonds. The van der Waals surface area contributed by atoms with E-state index in [-0.39, 0.29) is 11.7 Å². The van der Waals surface area contributed by atoms with Crippen LogP contribution in [0.4, 0.5) is 4.39 Å². The van der Waals surface area contributed by atoms with Crippen LogP contribution in [0.5, 0.6) is 0 Å². The number of carbonyl (C=O) groups is 1. The maximum absolute atomic E-state index is 13.1. The van der Waals surface area contributed by atoms with Gasteiger partial charge in [0.05, 0.1) is 18.2 Å². The lowest BCUT2D eigenvalue weighted by Crippen LogP contribution is -2.34. The molecular formula is C19H16FNO3. The lowest BCUT2D eigenvalue weighted by atomic mass is 9.95. The van der Waals surface area contributed by atoms with E-state index in [2.05, 4.69) is 5.32 Å². The first-order valence-corrected chi connectivity index (χ1v) is 7.84. The monoisotopic (exact) mass is 325 g/mol. The fourth-order valence-corrected chi connectivity index (χ4v) is 2.90. The van der Waals surface area contributed by atoms with E-state index in [1.54, 1.807) is 24.5 Å². The minimum atomic E-state index is -0.524. The quantitative estimate of drug-likeness (QED) is 0.770. The van der Waals surface area contributed by atoms with Crippen molar-refractivity contribution < 1.29 is 18.0 Å². The third kappa shape index (κ3) is 2.62. The number of halogens is 1. The average Bonchev–Trinajstić information content (AvgIpc) is 3.00. The second-order valence-electron chi connectivity index (χ2n) is 6.01. The van der Waals surface area contributed by atoms with Crippen LogP contribution in [0.3, 0.4) is 0 Å². The molecule has 2 aromatic heterocycles. The van der Waals surface area contributed by atoms with Gasteiger partial charge >= 0.3 is 0 Å². The molecule has 1 N–H and O–H groups in total. The van der Waals surface area contributed by atoms with Crippen LogP contribution in [0.2, 0.25) is 0 Å². The number of hydrogen-bond donors (Lipinski definition) is 1. The van der Waals surface area contributed by atoms with Crippen molar-refractivity contribution in [1.29, 1.82) is 0 Å². The Hall–Kier alpha value is -2.82. The standard InChI is InChI=1S/C19H16FNO3/c20-14-5-3-13(4-6-14)19(9-10-19)18(22)21-12-15-7-8-17(24-15)16-2-1-11-23-16/h1-8,11H,9-10,12H2,(H,21,22). The second kappa shape index (κ2) is 5.67. The Bertz CT molecular complexity index is 845. The highest BCUT2D eigenvalue weighted by Crippen LogP contribution is 2.48. The molecule has 1 aliphatic carbocycles. The molecule has 0 saturated heterocycles. The van der Waals surface area contributed by atoms with E-state index in [1.807, 2.05) is 18.2 Å². The molecule has 24 heavy (non-hydrogen) atoms. The normalized spacial score (nSPS) is 15.2. The van der Waals surface area contributed by atoms with Crippen LogP contribution in [0.1, 0.15) is 24.2 Å². The molecule has 1 saturated carbocycles. The molecule has 0 aliphatic heterocycles. The molecule has 1 aromatic carbocycles. The molecule has 0 radical (unpaired) electrons. The summed E-state index contributed by atoms with van der Waals surface area (Å²) in [6.07, 6.45) is 3.14. The van der Waals surface area contributed by atoms with Crippen LogP contribution in [0.15, 0.2) is 63.6 Å². The van der Waals surface area contributed by atoms with Crippen LogP contribution in [0.25, 0.3) is 11.5 Å². The summed E-state index contributed by atoms with van der Waals surface area (Å²) >= 11 is 0. The van der Waals surface area contributed by atoms with Gasteiger partial charge in [0, 0.05) is 0 Å². The Balaban J connectivity index is 1.43. The predicted octanol–water partition coefficient (Wildman–Crippen LogP) is 4.03. The van der Waals surface area contributed by atoms with Crippen molar-refractivity contribution in [2.24, 2.45) is 0 Å². The molecule has 2 heterocycles. The molecule has 0 atom stereocenters. The SMILES string of the molecule is O=C(NCc1ccc(-c2ccco2)o1)C1(c2ccc(F)cc2)CC1. The van der Waals surface area contributed by atoms with E-state index >= 15 is 0 Å². The van der Waals surface area contributed by atoms with Gasteiger partial charge in [-0.25, -0.2) is 4.39 Å². The van der Waals surface area contributed by atoms with Gasteiger partial charge in [-0.2, -0.15) is 0 Å². The highest BCUT2D eigenvalue weighted by molar-refractivity contribution is 5.91. The summed E-state index contributed by atoms with van der Waals surface area (Å²) in [5.41, 5.74) is 0.335. The van der Waals surface area contributed by atoms with E-state index in [0.717, 1.165) is 18.4 Å². The first-order chi connectivity index (χ1) is 11.7. The van der Waals surface area contributed by atoms with Gasteiger partial charge in [0.2, 0.25) is 5.91 Å². The fourth-order valence-electron chi connectivity index (χ4n) is 2.90. The highest BCUT2D eigenvalue weighted by Gasteiger charge is 2.51. The third-order valence-electron chi connectivity index (χ3n) is 4.43. The van der Waals surface area contributed by atoms with Crippen LogP contribution in [-0.2, 0) is 16.8 Å². The first-order valence-electron chi connectivity index (χ1n) is 7.84. The third-order valence-corrected chi connectivity index (χ3v) is 4.43. The number of carbonyl (C=O) groups excluding carboxylic acids is 1. The smallest absolute Gasteiger partial charge is 0.231 e. The minimum Gasteiger partial charge on any atom is -0.461 e. The highest BCUT2D eigenvalue weighted by atomic mass is 19.1. The van der Waals surface area contributed by atoms with Gasteiger partial charge in [-0.3, -0.25) is 4.79 Å². The van der Waals surface area contributed by atoms with Crippen LogP contribution < -0.4 is 5.32 Å². The zero-order chi connectivity index (χ0) is 16.6. The number of nitrogens with one attached hydrogen (secondary N) is 1. The van der Waals surface area contributed by atoms with E-state index in [9.17, 15) is 9.18 Å². The summed E-state index contributed by atoms with van der Waals surface area (Å²) in [6, 6.07) is 13.4. The fraction of sp³-hybridized carbons (Fsp3) is 0.211. The molecule has 4 rings (SSSR count). The molecule has 5 heteroatoms. The van der Waals surface area contributed by atoms with E-state index in [4.69, 9.17) is 8.83 Å².